The summed E-state index contributed by atoms with van der Waals surface area (Å²) in [5.41, 5.74) is 1.04. The molecule has 1 aromatic heterocycles. The summed E-state index contributed by atoms with van der Waals surface area (Å²) in [7, 11) is 3.08. The molecule has 0 unspecified atom stereocenters. The minimum atomic E-state index is -0.111. The molecule has 0 atom stereocenters. The van der Waals surface area contributed by atoms with Crippen molar-refractivity contribution in [2.75, 3.05) is 14.2 Å². The van der Waals surface area contributed by atoms with Crippen molar-refractivity contribution < 1.29 is 18.7 Å². The molecule has 4 nitrogen and oxygen atoms in total. The first-order valence-electron chi connectivity index (χ1n) is 5.05. The van der Waals surface area contributed by atoms with E-state index < -0.39 is 0 Å². The highest BCUT2D eigenvalue weighted by Crippen LogP contribution is 2.28. The molecule has 0 aliphatic heterocycles. The Morgan fingerprint density at radius 2 is 1.82 bits per heavy atom. The molecule has 2 aromatic rings. The second-order valence-electron chi connectivity index (χ2n) is 3.41. The van der Waals surface area contributed by atoms with Crippen LogP contribution >= 0.6 is 0 Å². The predicted molar refractivity (Wildman–Crippen MR) is 61.7 cm³/mol. The Bertz CT molecular complexity index is 514. The van der Waals surface area contributed by atoms with Gasteiger partial charge in [0, 0.05) is 5.56 Å². The van der Waals surface area contributed by atoms with Crippen molar-refractivity contribution in [2.45, 2.75) is 0 Å². The lowest BCUT2D eigenvalue weighted by Gasteiger charge is -2.08. The molecule has 0 fully saturated rings. The van der Waals surface area contributed by atoms with Gasteiger partial charge in [-0.2, -0.15) is 0 Å². The number of carbonyl (C=O) groups excluding carboxylic acids is 1. The van der Waals surface area contributed by atoms with E-state index in [0.29, 0.717) is 22.6 Å². The van der Waals surface area contributed by atoms with Gasteiger partial charge < -0.3 is 13.9 Å². The molecule has 0 spiro atoms. The van der Waals surface area contributed by atoms with Crippen molar-refractivity contribution >= 4 is 5.78 Å². The topological polar surface area (TPSA) is 48.7 Å². The number of ether oxygens (including phenoxy) is 2. The largest absolute Gasteiger partial charge is 0.493 e. The van der Waals surface area contributed by atoms with Gasteiger partial charge in [0.05, 0.1) is 26.0 Å². The first kappa shape index (κ1) is 11.3. The number of hydrogen-bond donors (Lipinski definition) is 0. The molecule has 0 aliphatic rings. The first-order valence-corrected chi connectivity index (χ1v) is 5.05. The van der Waals surface area contributed by atoms with Crippen LogP contribution in [0.15, 0.2) is 41.2 Å². The average molecular weight is 232 g/mol. The van der Waals surface area contributed by atoms with Gasteiger partial charge in [0.1, 0.15) is 6.26 Å². The van der Waals surface area contributed by atoms with Crippen LogP contribution in [0.1, 0.15) is 15.9 Å². The molecule has 88 valence electrons. The third kappa shape index (κ3) is 2.15. The maximum Gasteiger partial charge on any atom is 0.196 e. The molecule has 0 saturated carbocycles. The first-order chi connectivity index (χ1) is 8.26. The van der Waals surface area contributed by atoms with Gasteiger partial charge in [-0.3, -0.25) is 4.79 Å². The average Bonchev–Trinajstić information content (AvgIpc) is 2.90. The lowest BCUT2D eigenvalue weighted by molar-refractivity contribution is 0.103. The summed E-state index contributed by atoms with van der Waals surface area (Å²) >= 11 is 0. The Kier molecular flexibility index (Phi) is 3.14. The fourth-order valence-corrected chi connectivity index (χ4v) is 1.54. The van der Waals surface area contributed by atoms with Gasteiger partial charge in [-0.25, -0.2) is 0 Å². The number of carbonyl (C=O) groups is 1. The van der Waals surface area contributed by atoms with Gasteiger partial charge in [0.15, 0.2) is 17.3 Å². The highest BCUT2D eigenvalue weighted by Gasteiger charge is 2.13. The molecule has 0 aliphatic carbocycles. The summed E-state index contributed by atoms with van der Waals surface area (Å²) in [4.78, 5) is 12.0. The number of rotatable bonds is 4. The maximum atomic E-state index is 12.0. The number of benzene rings is 1. The Labute approximate surface area is 98.8 Å². The second-order valence-corrected chi connectivity index (χ2v) is 3.41. The molecule has 1 aromatic carbocycles. The lowest BCUT2D eigenvalue weighted by atomic mass is 10.1. The van der Waals surface area contributed by atoms with Crippen LogP contribution in [0.4, 0.5) is 0 Å². The number of furan rings is 1. The van der Waals surface area contributed by atoms with E-state index in [-0.39, 0.29) is 5.78 Å². The lowest BCUT2D eigenvalue weighted by Crippen LogP contribution is -2.01. The molecule has 0 amide bonds. The Hall–Kier alpha value is -2.23. The molecule has 4 heteroatoms. The molecule has 0 saturated heterocycles. The summed E-state index contributed by atoms with van der Waals surface area (Å²) in [6.45, 7) is 0. The van der Waals surface area contributed by atoms with Crippen molar-refractivity contribution in [3.63, 3.8) is 0 Å². The van der Waals surface area contributed by atoms with E-state index in [1.807, 2.05) is 0 Å². The van der Waals surface area contributed by atoms with Gasteiger partial charge in [-0.1, -0.05) is 0 Å². The van der Waals surface area contributed by atoms with Crippen molar-refractivity contribution in [3.05, 3.63) is 47.9 Å². The van der Waals surface area contributed by atoms with Gasteiger partial charge in [-0.05, 0) is 24.3 Å². The predicted octanol–water partition coefficient (Wildman–Crippen LogP) is 2.53. The van der Waals surface area contributed by atoms with E-state index in [1.165, 1.54) is 19.6 Å². The Morgan fingerprint density at radius 1 is 1.06 bits per heavy atom. The minimum absolute atomic E-state index is 0.111. The zero-order valence-electron chi connectivity index (χ0n) is 9.60. The quantitative estimate of drug-likeness (QED) is 0.760. The number of hydrogen-bond acceptors (Lipinski definition) is 4. The van der Waals surface area contributed by atoms with E-state index in [9.17, 15) is 4.79 Å². The summed E-state index contributed by atoms with van der Waals surface area (Å²) in [6.07, 6.45) is 2.88. The van der Waals surface area contributed by atoms with E-state index in [0.717, 1.165) is 0 Å². The van der Waals surface area contributed by atoms with Crippen LogP contribution < -0.4 is 9.47 Å². The van der Waals surface area contributed by atoms with Gasteiger partial charge in [0.2, 0.25) is 0 Å². The molecule has 0 N–H and O–H groups in total. The molecule has 1 heterocycles. The highest BCUT2D eigenvalue weighted by atomic mass is 16.5. The van der Waals surface area contributed by atoms with Crippen molar-refractivity contribution in [1.29, 1.82) is 0 Å². The Balaban J connectivity index is 2.37. The van der Waals surface area contributed by atoms with Crippen LogP contribution in [-0.2, 0) is 0 Å². The zero-order valence-corrected chi connectivity index (χ0v) is 9.60. The van der Waals surface area contributed by atoms with Crippen LogP contribution in [0, 0.1) is 0 Å². The van der Waals surface area contributed by atoms with E-state index >= 15 is 0 Å². The second kappa shape index (κ2) is 4.74. The molecular formula is C13H12O4. The Morgan fingerprint density at radius 3 is 2.41 bits per heavy atom. The van der Waals surface area contributed by atoms with E-state index in [4.69, 9.17) is 13.9 Å². The molecular weight excluding hydrogens is 220 g/mol. The minimum Gasteiger partial charge on any atom is -0.493 e. The third-order valence-electron chi connectivity index (χ3n) is 2.43. The molecule has 0 radical (unpaired) electrons. The smallest absolute Gasteiger partial charge is 0.196 e. The summed E-state index contributed by atoms with van der Waals surface area (Å²) in [5, 5.41) is 0. The maximum absolute atomic E-state index is 12.0. The monoisotopic (exact) mass is 232 g/mol. The standard InChI is InChI=1S/C13H12O4/c1-15-11-4-3-9(7-12(11)16-2)13(14)10-5-6-17-8-10/h3-8H,1-2H3. The zero-order chi connectivity index (χ0) is 12.3. The number of methoxy groups -OCH3 is 2. The van der Waals surface area contributed by atoms with Gasteiger partial charge in [-0.15, -0.1) is 0 Å². The third-order valence-corrected chi connectivity index (χ3v) is 2.43. The molecule has 0 bridgehead atoms. The van der Waals surface area contributed by atoms with Crippen molar-refractivity contribution in [3.8, 4) is 11.5 Å². The van der Waals surface area contributed by atoms with Crippen molar-refractivity contribution in [2.24, 2.45) is 0 Å². The van der Waals surface area contributed by atoms with Crippen LogP contribution in [0.5, 0.6) is 11.5 Å². The van der Waals surface area contributed by atoms with Gasteiger partial charge >= 0.3 is 0 Å². The fourth-order valence-electron chi connectivity index (χ4n) is 1.54. The van der Waals surface area contributed by atoms with Crippen molar-refractivity contribution in [1.82, 2.24) is 0 Å². The SMILES string of the molecule is COc1ccc(C(=O)c2ccoc2)cc1OC. The fraction of sp³-hybridized carbons (Fsp3) is 0.154. The normalized spacial score (nSPS) is 10.0. The van der Waals surface area contributed by atoms with E-state index in [2.05, 4.69) is 0 Å². The van der Waals surface area contributed by atoms with Crippen LogP contribution in [0.25, 0.3) is 0 Å². The summed E-state index contributed by atoms with van der Waals surface area (Å²) < 4.78 is 15.1. The number of ketones is 1. The van der Waals surface area contributed by atoms with E-state index in [1.54, 1.807) is 31.4 Å². The molecule has 2 rings (SSSR count). The summed E-state index contributed by atoms with van der Waals surface area (Å²) in [6, 6.07) is 6.66. The van der Waals surface area contributed by atoms with Crippen LogP contribution in [0.3, 0.4) is 0 Å². The molecule has 17 heavy (non-hydrogen) atoms. The summed E-state index contributed by atoms with van der Waals surface area (Å²) in [5.74, 6) is 1.01. The van der Waals surface area contributed by atoms with Crippen LogP contribution in [-0.4, -0.2) is 20.0 Å². The van der Waals surface area contributed by atoms with Crippen LogP contribution in [0.2, 0.25) is 0 Å². The van der Waals surface area contributed by atoms with Gasteiger partial charge in [0.25, 0.3) is 0 Å². The highest BCUT2D eigenvalue weighted by molar-refractivity contribution is 6.09.